The third-order valence-electron chi connectivity index (χ3n) is 2.83. The van der Waals surface area contributed by atoms with Gasteiger partial charge in [-0.25, -0.2) is 0 Å². The molecule has 0 saturated heterocycles. The van der Waals surface area contributed by atoms with Crippen LogP contribution in [-0.2, 0) is 0 Å². The largest absolute Gasteiger partial charge is 0.464 e. The Bertz CT molecular complexity index is 315. The summed E-state index contributed by atoms with van der Waals surface area (Å²) < 4.78 is 9.98. The molecule has 1 fully saturated rings. The minimum absolute atomic E-state index is 0.260. The van der Waals surface area contributed by atoms with E-state index < -0.39 is 0 Å². The second-order valence-electron chi connectivity index (χ2n) is 3.94. The highest BCUT2D eigenvalue weighted by molar-refractivity contribution is 7.07. The van der Waals surface area contributed by atoms with Gasteiger partial charge in [0.25, 0.3) is 5.19 Å². The maximum atomic E-state index is 5.86. The van der Waals surface area contributed by atoms with Gasteiger partial charge in [-0.2, -0.15) is 9.36 Å². The van der Waals surface area contributed by atoms with E-state index in [1.807, 2.05) is 14.0 Å². The Kier molecular flexibility index (Phi) is 3.53. The van der Waals surface area contributed by atoms with E-state index >= 15 is 0 Å². The Labute approximate surface area is 94.2 Å². The van der Waals surface area contributed by atoms with E-state index in [4.69, 9.17) is 4.74 Å². The molecule has 0 radical (unpaired) electrons. The first kappa shape index (κ1) is 10.8. The normalized spacial score (nSPS) is 26.5. The summed E-state index contributed by atoms with van der Waals surface area (Å²) in [4.78, 5) is 4.23. The summed E-state index contributed by atoms with van der Waals surface area (Å²) >= 11 is 1.34. The van der Waals surface area contributed by atoms with Crippen LogP contribution in [0, 0.1) is 6.92 Å². The molecule has 0 bridgehead atoms. The second kappa shape index (κ2) is 4.90. The van der Waals surface area contributed by atoms with Crippen LogP contribution < -0.4 is 10.1 Å². The van der Waals surface area contributed by atoms with E-state index in [0.717, 1.165) is 12.2 Å². The molecule has 1 aromatic rings. The monoisotopic (exact) mass is 227 g/mol. The molecular weight excluding hydrogens is 210 g/mol. The average Bonchev–Trinajstić information content (AvgIpc) is 2.65. The maximum absolute atomic E-state index is 5.86. The lowest BCUT2D eigenvalue weighted by Crippen LogP contribution is -2.43. The Hall–Kier alpha value is -0.680. The van der Waals surface area contributed by atoms with Crippen molar-refractivity contribution in [2.45, 2.75) is 44.8 Å². The summed E-state index contributed by atoms with van der Waals surface area (Å²) in [5.41, 5.74) is 0. The molecule has 0 aliphatic heterocycles. The van der Waals surface area contributed by atoms with Crippen LogP contribution in [0.4, 0.5) is 0 Å². The van der Waals surface area contributed by atoms with Crippen molar-refractivity contribution in [3.8, 4) is 5.19 Å². The highest BCUT2D eigenvalue weighted by Gasteiger charge is 2.26. The van der Waals surface area contributed by atoms with E-state index in [1.165, 1.54) is 30.8 Å². The van der Waals surface area contributed by atoms with Gasteiger partial charge in [0.05, 0.1) is 0 Å². The van der Waals surface area contributed by atoms with Crippen molar-refractivity contribution in [1.82, 2.24) is 14.7 Å². The van der Waals surface area contributed by atoms with Gasteiger partial charge >= 0.3 is 0 Å². The first-order chi connectivity index (χ1) is 7.29. The summed E-state index contributed by atoms with van der Waals surface area (Å²) in [7, 11) is 2.00. The Morgan fingerprint density at radius 2 is 2.20 bits per heavy atom. The van der Waals surface area contributed by atoms with Gasteiger partial charge in [-0.1, -0.05) is 6.42 Å². The number of aromatic nitrogens is 2. The van der Waals surface area contributed by atoms with Crippen molar-refractivity contribution >= 4 is 11.5 Å². The van der Waals surface area contributed by atoms with Crippen molar-refractivity contribution in [2.75, 3.05) is 7.05 Å². The van der Waals surface area contributed by atoms with E-state index in [9.17, 15) is 0 Å². The van der Waals surface area contributed by atoms with Crippen molar-refractivity contribution in [3.63, 3.8) is 0 Å². The molecule has 0 amide bonds. The second-order valence-corrected chi connectivity index (χ2v) is 4.66. The third kappa shape index (κ3) is 2.66. The number of hydrogen-bond acceptors (Lipinski definition) is 5. The molecule has 15 heavy (non-hydrogen) atoms. The standard InChI is InChI=1S/C10H17N3OS/c1-7-12-10(15-13-7)14-9-6-4-3-5-8(9)11-2/h8-9,11H,3-6H2,1-2H3. The first-order valence-corrected chi connectivity index (χ1v) is 6.21. The van der Waals surface area contributed by atoms with Crippen LogP contribution >= 0.6 is 11.5 Å². The molecule has 1 aliphatic rings. The molecule has 2 rings (SSSR count). The molecule has 0 spiro atoms. The molecule has 4 nitrogen and oxygen atoms in total. The van der Waals surface area contributed by atoms with Gasteiger partial charge in [0.2, 0.25) is 0 Å². The summed E-state index contributed by atoms with van der Waals surface area (Å²) in [5, 5.41) is 4.02. The molecule has 2 atom stereocenters. The van der Waals surface area contributed by atoms with Crippen LogP contribution in [0.5, 0.6) is 5.19 Å². The molecular formula is C10H17N3OS. The molecule has 1 heterocycles. The fourth-order valence-electron chi connectivity index (χ4n) is 2.02. The molecule has 5 heteroatoms. The Morgan fingerprint density at radius 3 is 2.87 bits per heavy atom. The summed E-state index contributed by atoms with van der Waals surface area (Å²) in [5.74, 6) is 0.798. The number of nitrogens with zero attached hydrogens (tertiary/aromatic N) is 2. The Balaban J connectivity index is 1.97. The number of likely N-dealkylation sites (N-methyl/N-ethyl adjacent to an activating group) is 1. The van der Waals surface area contributed by atoms with Crippen molar-refractivity contribution in [1.29, 1.82) is 0 Å². The highest BCUT2D eigenvalue weighted by Crippen LogP contribution is 2.24. The van der Waals surface area contributed by atoms with Crippen LogP contribution in [0.15, 0.2) is 0 Å². The fraction of sp³-hybridized carbons (Fsp3) is 0.800. The van der Waals surface area contributed by atoms with E-state index in [2.05, 4.69) is 14.7 Å². The van der Waals surface area contributed by atoms with Crippen LogP contribution in [0.2, 0.25) is 0 Å². The molecule has 0 aromatic carbocycles. The zero-order valence-corrected chi connectivity index (χ0v) is 10.0. The number of hydrogen-bond donors (Lipinski definition) is 1. The minimum atomic E-state index is 0.260. The third-order valence-corrected chi connectivity index (χ3v) is 3.53. The molecule has 1 N–H and O–H groups in total. The van der Waals surface area contributed by atoms with E-state index in [1.54, 1.807) is 0 Å². The van der Waals surface area contributed by atoms with E-state index in [0.29, 0.717) is 11.2 Å². The number of nitrogens with one attached hydrogen (secondary N) is 1. The predicted octanol–water partition coefficient (Wildman–Crippen LogP) is 1.76. The van der Waals surface area contributed by atoms with Gasteiger partial charge in [-0.15, -0.1) is 0 Å². The van der Waals surface area contributed by atoms with Gasteiger partial charge in [0, 0.05) is 17.6 Å². The zero-order valence-electron chi connectivity index (χ0n) is 9.19. The number of aryl methyl sites for hydroxylation is 1. The SMILES string of the molecule is CNC1CCCCC1Oc1nc(C)ns1. The van der Waals surface area contributed by atoms with E-state index in [-0.39, 0.29) is 6.10 Å². The van der Waals surface area contributed by atoms with Crippen LogP contribution in [0.25, 0.3) is 0 Å². The summed E-state index contributed by atoms with van der Waals surface area (Å²) in [6.07, 6.45) is 5.11. The topological polar surface area (TPSA) is 47.0 Å². The molecule has 1 aliphatic carbocycles. The van der Waals surface area contributed by atoms with Crippen LogP contribution in [0.1, 0.15) is 31.5 Å². The fourth-order valence-corrected chi connectivity index (χ4v) is 2.61. The lowest BCUT2D eigenvalue weighted by atomic mass is 9.93. The number of ether oxygens (including phenoxy) is 1. The molecule has 84 valence electrons. The molecule has 1 aromatic heterocycles. The lowest BCUT2D eigenvalue weighted by Gasteiger charge is -2.30. The zero-order chi connectivity index (χ0) is 10.7. The van der Waals surface area contributed by atoms with Gasteiger partial charge in [-0.05, 0) is 33.2 Å². The Morgan fingerprint density at radius 1 is 1.40 bits per heavy atom. The predicted molar refractivity (Wildman–Crippen MR) is 60.4 cm³/mol. The van der Waals surface area contributed by atoms with Crippen molar-refractivity contribution < 1.29 is 4.74 Å². The van der Waals surface area contributed by atoms with Gasteiger partial charge in [0.1, 0.15) is 11.9 Å². The quantitative estimate of drug-likeness (QED) is 0.854. The van der Waals surface area contributed by atoms with Crippen molar-refractivity contribution in [3.05, 3.63) is 5.82 Å². The average molecular weight is 227 g/mol. The van der Waals surface area contributed by atoms with Gasteiger partial charge in [0.15, 0.2) is 0 Å². The highest BCUT2D eigenvalue weighted by atomic mass is 32.1. The number of rotatable bonds is 3. The maximum Gasteiger partial charge on any atom is 0.293 e. The smallest absolute Gasteiger partial charge is 0.293 e. The molecule has 2 unspecified atom stereocenters. The van der Waals surface area contributed by atoms with Crippen LogP contribution in [0.3, 0.4) is 0 Å². The summed E-state index contributed by atoms with van der Waals surface area (Å²) in [6.45, 7) is 1.89. The molecule has 1 saturated carbocycles. The van der Waals surface area contributed by atoms with Crippen molar-refractivity contribution in [2.24, 2.45) is 0 Å². The van der Waals surface area contributed by atoms with Gasteiger partial charge < -0.3 is 10.1 Å². The lowest BCUT2D eigenvalue weighted by molar-refractivity contribution is 0.117. The first-order valence-electron chi connectivity index (χ1n) is 5.44. The van der Waals surface area contributed by atoms with Gasteiger partial charge in [-0.3, -0.25) is 0 Å². The minimum Gasteiger partial charge on any atom is -0.464 e. The van der Waals surface area contributed by atoms with Crippen LogP contribution in [-0.4, -0.2) is 28.6 Å². The summed E-state index contributed by atoms with van der Waals surface area (Å²) in [6, 6.07) is 0.461.